The number of ether oxygens (including phenoxy) is 1. The number of carbonyl (C=O) groups excluding carboxylic acids is 2. The Morgan fingerprint density at radius 3 is 2.33 bits per heavy atom. The Hall–Kier alpha value is -2.53. The van der Waals surface area contributed by atoms with Crippen molar-refractivity contribution in [2.45, 2.75) is 53.6 Å². The molecule has 30 heavy (non-hydrogen) atoms. The van der Waals surface area contributed by atoms with Crippen LogP contribution in [0.15, 0.2) is 36.4 Å². The van der Waals surface area contributed by atoms with Crippen molar-refractivity contribution in [1.82, 2.24) is 10.2 Å². The minimum Gasteiger partial charge on any atom is -0.484 e. The van der Waals surface area contributed by atoms with Gasteiger partial charge in [-0.1, -0.05) is 42.8 Å². The molecule has 0 saturated heterocycles. The Bertz CT molecular complexity index is 875. The van der Waals surface area contributed by atoms with Crippen molar-refractivity contribution in [1.29, 1.82) is 0 Å². The number of nitrogens with one attached hydrogen (secondary N) is 1. The van der Waals surface area contributed by atoms with Crippen molar-refractivity contribution in [3.8, 4) is 5.75 Å². The Labute approximate surface area is 184 Å². The highest BCUT2D eigenvalue weighted by Crippen LogP contribution is 2.26. The molecule has 2 amide bonds. The van der Waals surface area contributed by atoms with Gasteiger partial charge in [0.1, 0.15) is 11.8 Å². The van der Waals surface area contributed by atoms with E-state index in [2.05, 4.69) is 5.32 Å². The zero-order chi connectivity index (χ0) is 22.3. The lowest BCUT2D eigenvalue weighted by molar-refractivity contribution is -0.142. The van der Waals surface area contributed by atoms with Crippen LogP contribution in [0.25, 0.3) is 0 Å². The van der Waals surface area contributed by atoms with Gasteiger partial charge in [-0.25, -0.2) is 0 Å². The first-order valence-corrected chi connectivity index (χ1v) is 10.6. The van der Waals surface area contributed by atoms with E-state index in [1.54, 1.807) is 11.8 Å². The number of aryl methyl sites for hydroxylation is 3. The third kappa shape index (κ3) is 6.23. The molecule has 0 radical (unpaired) electrons. The van der Waals surface area contributed by atoms with Crippen molar-refractivity contribution in [3.63, 3.8) is 0 Å². The molecule has 0 bridgehead atoms. The van der Waals surface area contributed by atoms with Crippen LogP contribution in [0.3, 0.4) is 0 Å². The van der Waals surface area contributed by atoms with Crippen LogP contribution in [0.2, 0.25) is 5.02 Å². The number of rotatable bonds is 9. The van der Waals surface area contributed by atoms with Crippen LogP contribution in [0.1, 0.15) is 42.5 Å². The molecule has 0 fully saturated rings. The molecule has 1 N–H and O–H groups in total. The summed E-state index contributed by atoms with van der Waals surface area (Å²) in [5.74, 6) is 0.168. The molecule has 0 saturated carbocycles. The summed E-state index contributed by atoms with van der Waals surface area (Å²) >= 11 is 6.21. The second-order valence-electron chi connectivity index (χ2n) is 7.57. The van der Waals surface area contributed by atoms with Crippen LogP contribution in [-0.4, -0.2) is 35.9 Å². The number of benzene rings is 2. The third-order valence-electron chi connectivity index (χ3n) is 5.09. The SMILES string of the molecule is CCCNC(=O)[C@@H](C)N(Cc1ccccc1C)C(=O)COc1cc(C)c(Cl)c(C)c1. The molecule has 1 atom stereocenters. The monoisotopic (exact) mass is 430 g/mol. The van der Waals surface area contributed by atoms with Gasteiger partial charge in [-0.05, 0) is 68.5 Å². The maximum absolute atomic E-state index is 13.1. The highest BCUT2D eigenvalue weighted by molar-refractivity contribution is 6.32. The molecule has 0 spiro atoms. The topological polar surface area (TPSA) is 58.6 Å². The lowest BCUT2D eigenvalue weighted by Crippen LogP contribution is -2.49. The van der Waals surface area contributed by atoms with Crippen molar-refractivity contribution >= 4 is 23.4 Å². The largest absolute Gasteiger partial charge is 0.484 e. The third-order valence-corrected chi connectivity index (χ3v) is 5.69. The van der Waals surface area contributed by atoms with E-state index in [0.29, 0.717) is 23.9 Å². The second kappa shape index (κ2) is 11.0. The van der Waals surface area contributed by atoms with Crippen LogP contribution in [-0.2, 0) is 16.1 Å². The number of carbonyl (C=O) groups is 2. The molecule has 6 heteroatoms. The molecule has 5 nitrogen and oxygen atoms in total. The fourth-order valence-corrected chi connectivity index (χ4v) is 3.28. The molecule has 0 aliphatic carbocycles. The molecule has 0 aliphatic heterocycles. The number of nitrogens with zero attached hydrogens (tertiary/aromatic N) is 1. The smallest absolute Gasteiger partial charge is 0.261 e. The highest BCUT2D eigenvalue weighted by Gasteiger charge is 2.26. The van der Waals surface area contributed by atoms with Gasteiger partial charge >= 0.3 is 0 Å². The van der Waals surface area contributed by atoms with Crippen LogP contribution >= 0.6 is 11.6 Å². The van der Waals surface area contributed by atoms with Gasteiger partial charge < -0.3 is 15.0 Å². The zero-order valence-corrected chi connectivity index (χ0v) is 19.2. The van der Waals surface area contributed by atoms with Crippen LogP contribution < -0.4 is 10.1 Å². The minimum absolute atomic E-state index is 0.155. The normalized spacial score (nSPS) is 11.7. The van der Waals surface area contributed by atoms with Crippen LogP contribution in [0, 0.1) is 20.8 Å². The summed E-state index contributed by atoms with van der Waals surface area (Å²) in [5.41, 5.74) is 3.85. The summed E-state index contributed by atoms with van der Waals surface area (Å²) in [5, 5.41) is 3.57. The van der Waals surface area contributed by atoms with E-state index in [1.807, 2.05) is 64.1 Å². The maximum Gasteiger partial charge on any atom is 0.261 e. The minimum atomic E-state index is -0.610. The molecule has 162 valence electrons. The Morgan fingerprint density at radius 1 is 1.10 bits per heavy atom. The number of hydrogen-bond acceptors (Lipinski definition) is 3. The van der Waals surface area contributed by atoms with E-state index in [4.69, 9.17) is 16.3 Å². The molecular weight excluding hydrogens is 400 g/mol. The summed E-state index contributed by atoms with van der Waals surface area (Å²) < 4.78 is 5.76. The van der Waals surface area contributed by atoms with Crippen LogP contribution in [0.4, 0.5) is 0 Å². The van der Waals surface area contributed by atoms with Gasteiger partial charge in [-0.2, -0.15) is 0 Å². The quantitative estimate of drug-likeness (QED) is 0.633. The molecule has 2 rings (SSSR count). The fraction of sp³-hybridized carbons (Fsp3) is 0.417. The summed E-state index contributed by atoms with van der Waals surface area (Å²) in [6.07, 6.45) is 0.836. The Balaban J connectivity index is 2.18. The van der Waals surface area contributed by atoms with E-state index in [-0.39, 0.29) is 18.4 Å². The average Bonchev–Trinajstić information content (AvgIpc) is 2.72. The Kier molecular flexibility index (Phi) is 8.72. The number of halogens is 1. The number of amides is 2. The molecule has 0 aromatic heterocycles. The van der Waals surface area contributed by atoms with Crippen molar-refractivity contribution in [2.24, 2.45) is 0 Å². The molecule has 2 aromatic carbocycles. The standard InChI is InChI=1S/C24H31ClN2O3/c1-6-11-26-24(29)19(5)27(14-20-10-8-7-9-16(20)2)22(28)15-30-21-12-17(3)23(25)18(4)13-21/h7-10,12-13,19H,6,11,14-15H2,1-5H3,(H,26,29)/t19-/m1/s1. The summed E-state index contributed by atoms with van der Waals surface area (Å²) in [6.45, 7) is 10.3. The van der Waals surface area contributed by atoms with Gasteiger partial charge in [0.2, 0.25) is 5.91 Å². The van der Waals surface area contributed by atoms with Gasteiger partial charge in [0, 0.05) is 18.1 Å². The number of hydrogen-bond donors (Lipinski definition) is 1. The first kappa shape index (κ1) is 23.7. The van der Waals surface area contributed by atoms with Crippen molar-refractivity contribution in [3.05, 3.63) is 63.7 Å². The van der Waals surface area contributed by atoms with E-state index >= 15 is 0 Å². The fourth-order valence-electron chi connectivity index (χ4n) is 3.17. The predicted octanol–water partition coefficient (Wildman–Crippen LogP) is 4.59. The van der Waals surface area contributed by atoms with E-state index in [9.17, 15) is 9.59 Å². The molecule has 0 aliphatic rings. The summed E-state index contributed by atoms with van der Waals surface area (Å²) in [7, 11) is 0. The first-order chi connectivity index (χ1) is 14.2. The van der Waals surface area contributed by atoms with E-state index in [1.165, 1.54) is 0 Å². The molecule has 0 unspecified atom stereocenters. The molecule has 2 aromatic rings. The van der Waals surface area contributed by atoms with E-state index in [0.717, 1.165) is 28.7 Å². The molecule has 0 heterocycles. The summed E-state index contributed by atoms with van der Waals surface area (Å²) in [6, 6.07) is 10.9. The maximum atomic E-state index is 13.1. The van der Waals surface area contributed by atoms with Gasteiger partial charge in [-0.15, -0.1) is 0 Å². The highest BCUT2D eigenvalue weighted by atomic mass is 35.5. The predicted molar refractivity (Wildman–Crippen MR) is 121 cm³/mol. The Morgan fingerprint density at radius 2 is 1.73 bits per heavy atom. The lowest BCUT2D eigenvalue weighted by atomic mass is 10.1. The molecular formula is C24H31ClN2O3. The van der Waals surface area contributed by atoms with Gasteiger partial charge in [0.25, 0.3) is 5.91 Å². The average molecular weight is 431 g/mol. The first-order valence-electron chi connectivity index (χ1n) is 10.3. The van der Waals surface area contributed by atoms with Crippen molar-refractivity contribution < 1.29 is 14.3 Å². The lowest BCUT2D eigenvalue weighted by Gasteiger charge is -2.29. The van der Waals surface area contributed by atoms with E-state index < -0.39 is 6.04 Å². The van der Waals surface area contributed by atoms with Crippen molar-refractivity contribution in [2.75, 3.05) is 13.2 Å². The van der Waals surface area contributed by atoms with Crippen LogP contribution in [0.5, 0.6) is 5.75 Å². The van der Waals surface area contributed by atoms with Gasteiger partial charge in [-0.3, -0.25) is 9.59 Å². The zero-order valence-electron chi connectivity index (χ0n) is 18.4. The van der Waals surface area contributed by atoms with Gasteiger partial charge in [0.05, 0.1) is 0 Å². The summed E-state index contributed by atoms with van der Waals surface area (Å²) in [4.78, 5) is 27.2. The van der Waals surface area contributed by atoms with Gasteiger partial charge in [0.15, 0.2) is 6.61 Å². The second-order valence-corrected chi connectivity index (χ2v) is 7.95.